The lowest BCUT2D eigenvalue weighted by molar-refractivity contribution is -0.139. The first kappa shape index (κ1) is 15.6. The molecule has 5 nitrogen and oxygen atoms in total. The number of nitrogens with one attached hydrogen (secondary N) is 1. The number of amides is 1. The molecule has 0 aliphatic rings. The Morgan fingerprint density at radius 3 is 2.50 bits per heavy atom. The van der Waals surface area contributed by atoms with Crippen LogP contribution in [0.15, 0.2) is 54.6 Å². The molecule has 0 unspecified atom stereocenters. The number of ether oxygens (including phenoxy) is 1. The van der Waals surface area contributed by atoms with Gasteiger partial charge < -0.3 is 15.2 Å². The molecule has 0 saturated heterocycles. The summed E-state index contributed by atoms with van der Waals surface area (Å²) >= 11 is 0. The van der Waals surface area contributed by atoms with Gasteiger partial charge in [0.15, 0.2) is 6.04 Å². The third-order valence-electron chi connectivity index (χ3n) is 3.10. The fourth-order valence-corrected chi connectivity index (χ4v) is 2.02. The van der Waals surface area contributed by atoms with Crippen molar-refractivity contribution in [2.45, 2.75) is 19.6 Å². The van der Waals surface area contributed by atoms with Gasteiger partial charge in [-0.25, -0.2) is 9.59 Å². The van der Waals surface area contributed by atoms with Crippen LogP contribution in [0.25, 0.3) is 0 Å². The highest BCUT2D eigenvalue weighted by molar-refractivity contribution is 5.81. The average Bonchev–Trinajstić information content (AvgIpc) is 2.51. The fraction of sp³-hybridized carbons (Fsp3) is 0.176. The Kier molecular flexibility index (Phi) is 5.14. The average molecular weight is 299 g/mol. The van der Waals surface area contributed by atoms with Crippen LogP contribution >= 0.6 is 0 Å². The van der Waals surface area contributed by atoms with Crippen molar-refractivity contribution < 1.29 is 19.4 Å². The molecular formula is C17H17NO4. The summed E-state index contributed by atoms with van der Waals surface area (Å²) < 4.78 is 5.05. The van der Waals surface area contributed by atoms with Crippen molar-refractivity contribution in [3.63, 3.8) is 0 Å². The van der Waals surface area contributed by atoms with E-state index in [0.29, 0.717) is 5.56 Å². The van der Waals surface area contributed by atoms with Crippen LogP contribution in [0.2, 0.25) is 0 Å². The van der Waals surface area contributed by atoms with Crippen molar-refractivity contribution in [1.82, 2.24) is 5.32 Å². The maximum Gasteiger partial charge on any atom is 0.408 e. The van der Waals surface area contributed by atoms with E-state index < -0.39 is 18.1 Å². The molecule has 0 aromatic heterocycles. The summed E-state index contributed by atoms with van der Waals surface area (Å²) in [4.78, 5) is 23.1. The minimum atomic E-state index is -1.14. The second-order valence-corrected chi connectivity index (χ2v) is 4.89. The summed E-state index contributed by atoms with van der Waals surface area (Å²) in [6.45, 7) is 1.95. The minimum Gasteiger partial charge on any atom is -0.479 e. The minimum absolute atomic E-state index is 0.0901. The Labute approximate surface area is 128 Å². The molecule has 0 fully saturated rings. The molecule has 2 aromatic rings. The number of benzene rings is 2. The zero-order chi connectivity index (χ0) is 15.9. The van der Waals surface area contributed by atoms with E-state index in [9.17, 15) is 14.7 Å². The van der Waals surface area contributed by atoms with Gasteiger partial charge in [0.2, 0.25) is 0 Å². The molecule has 114 valence electrons. The van der Waals surface area contributed by atoms with E-state index in [-0.39, 0.29) is 6.61 Å². The van der Waals surface area contributed by atoms with E-state index in [2.05, 4.69) is 5.32 Å². The number of hydrogen-bond donors (Lipinski definition) is 2. The highest BCUT2D eigenvalue weighted by atomic mass is 16.5. The fourth-order valence-electron chi connectivity index (χ4n) is 2.02. The van der Waals surface area contributed by atoms with Crippen molar-refractivity contribution in [2.75, 3.05) is 0 Å². The van der Waals surface area contributed by atoms with Gasteiger partial charge in [0.25, 0.3) is 0 Å². The molecule has 22 heavy (non-hydrogen) atoms. The lowest BCUT2D eigenvalue weighted by atomic mass is 10.0. The first-order chi connectivity index (χ1) is 10.6. The zero-order valence-electron chi connectivity index (χ0n) is 12.2. The number of rotatable bonds is 5. The molecule has 5 heteroatoms. The van der Waals surface area contributed by atoms with E-state index in [1.165, 1.54) is 0 Å². The van der Waals surface area contributed by atoms with Crippen molar-refractivity contribution in [3.8, 4) is 0 Å². The molecule has 0 bridgehead atoms. The number of carboxylic acid groups (broad SMARTS) is 1. The van der Waals surface area contributed by atoms with Crippen molar-refractivity contribution >= 4 is 12.1 Å². The third kappa shape index (κ3) is 4.34. The maximum atomic E-state index is 11.8. The van der Waals surface area contributed by atoms with E-state index in [1.54, 1.807) is 18.2 Å². The van der Waals surface area contributed by atoms with Gasteiger partial charge in [-0.2, -0.15) is 0 Å². The van der Waals surface area contributed by atoms with Gasteiger partial charge in [0.05, 0.1) is 0 Å². The molecule has 0 radical (unpaired) electrons. The SMILES string of the molecule is Cc1cccc([C@@H](NC(=O)OCc2ccccc2)C(=O)O)c1. The second kappa shape index (κ2) is 7.26. The van der Waals surface area contributed by atoms with Crippen LogP contribution in [0.3, 0.4) is 0 Å². The van der Waals surface area contributed by atoms with E-state index >= 15 is 0 Å². The van der Waals surface area contributed by atoms with Crippen LogP contribution in [0, 0.1) is 6.92 Å². The number of hydrogen-bond acceptors (Lipinski definition) is 3. The molecule has 0 saturated carbocycles. The van der Waals surface area contributed by atoms with Crippen LogP contribution in [0.5, 0.6) is 0 Å². The molecule has 2 rings (SSSR count). The molecule has 0 heterocycles. The third-order valence-corrected chi connectivity index (χ3v) is 3.10. The Bertz CT molecular complexity index is 655. The lowest BCUT2D eigenvalue weighted by Crippen LogP contribution is -2.34. The van der Waals surface area contributed by atoms with Crippen LogP contribution < -0.4 is 5.32 Å². The van der Waals surface area contributed by atoms with Crippen molar-refractivity contribution in [3.05, 3.63) is 71.3 Å². The Hall–Kier alpha value is -2.82. The topological polar surface area (TPSA) is 75.6 Å². The molecule has 0 spiro atoms. The molecule has 2 aromatic carbocycles. The van der Waals surface area contributed by atoms with E-state index in [4.69, 9.17) is 4.74 Å². The highest BCUT2D eigenvalue weighted by Crippen LogP contribution is 2.15. The Morgan fingerprint density at radius 1 is 1.14 bits per heavy atom. The van der Waals surface area contributed by atoms with E-state index in [0.717, 1.165) is 11.1 Å². The van der Waals surface area contributed by atoms with Gasteiger partial charge in [-0.15, -0.1) is 0 Å². The summed E-state index contributed by atoms with van der Waals surface area (Å²) in [5.74, 6) is -1.14. The normalized spacial score (nSPS) is 11.5. The van der Waals surface area contributed by atoms with E-state index in [1.807, 2.05) is 43.3 Å². The number of alkyl carbamates (subject to hydrolysis) is 1. The summed E-state index contributed by atoms with van der Waals surface area (Å²) in [5.41, 5.74) is 2.26. The zero-order valence-corrected chi connectivity index (χ0v) is 12.2. The van der Waals surface area contributed by atoms with Gasteiger partial charge >= 0.3 is 12.1 Å². The van der Waals surface area contributed by atoms with Crippen LogP contribution in [-0.2, 0) is 16.1 Å². The lowest BCUT2D eigenvalue weighted by Gasteiger charge is -2.15. The van der Waals surface area contributed by atoms with Crippen LogP contribution in [0.4, 0.5) is 4.79 Å². The number of carbonyl (C=O) groups excluding carboxylic acids is 1. The monoisotopic (exact) mass is 299 g/mol. The first-order valence-electron chi connectivity index (χ1n) is 6.83. The summed E-state index contributed by atoms with van der Waals surface area (Å²) in [7, 11) is 0. The van der Waals surface area contributed by atoms with Gasteiger partial charge in [-0.3, -0.25) is 0 Å². The summed E-state index contributed by atoms with van der Waals surface area (Å²) in [5, 5.41) is 11.7. The maximum absolute atomic E-state index is 11.8. The summed E-state index contributed by atoms with van der Waals surface area (Å²) in [6, 6.07) is 15.0. The second-order valence-electron chi connectivity index (χ2n) is 4.89. The van der Waals surface area contributed by atoms with Gasteiger partial charge in [0, 0.05) is 0 Å². The molecule has 0 aliphatic carbocycles. The predicted molar refractivity (Wildman–Crippen MR) is 81.3 cm³/mol. The van der Waals surface area contributed by atoms with Crippen molar-refractivity contribution in [2.24, 2.45) is 0 Å². The summed E-state index contributed by atoms with van der Waals surface area (Å²) in [6.07, 6.45) is -0.766. The van der Waals surface area contributed by atoms with Crippen LogP contribution in [-0.4, -0.2) is 17.2 Å². The Balaban J connectivity index is 1.99. The molecular weight excluding hydrogens is 282 g/mol. The van der Waals surface area contributed by atoms with Crippen LogP contribution in [0.1, 0.15) is 22.7 Å². The predicted octanol–water partition coefficient (Wildman–Crippen LogP) is 3.05. The highest BCUT2D eigenvalue weighted by Gasteiger charge is 2.22. The largest absolute Gasteiger partial charge is 0.479 e. The molecule has 0 aliphatic heterocycles. The molecule has 1 atom stereocenters. The number of aryl methyl sites for hydroxylation is 1. The molecule has 1 amide bonds. The Morgan fingerprint density at radius 2 is 1.86 bits per heavy atom. The quantitative estimate of drug-likeness (QED) is 0.889. The molecule has 2 N–H and O–H groups in total. The number of aliphatic carboxylic acids is 1. The first-order valence-corrected chi connectivity index (χ1v) is 6.83. The van der Waals surface area contributed by atoms with Gasteiger partial charge in [-0.1, -0.05) is 60.2 Å². The van der Waals surface area contributed by atoms with Gasteiger partial charge in [-0.05, 0) is 18.1 Å². The number of carbonyl (C=O) groups is 2. The standard InChI is InChI=1S/C17H17NO4/c1-12-6-5-9-14(10-12)15(16(19)20)18-17(21)22-11-13-7-3-2-4-8-13/h2-10,15H,11H2,1H3,(H,18,21)(H,19,20)/t15-/m1/s1. The van der Waals surface area contributed by atoms with Gasteiger partial charge in [0.1, 0.15) is 6.61 Å². The number of carboxylic acids is 1. The smallest absolute Gasteiger partial charge is 0.408 e. The van der Waals surface area contributed by atoms with Crippen molar-refractivity contribution in [1.29, 1.82) is 0 Å².